The molecule has 1 aromatic heterocycles. The van der Waals surface area contributed by atoms with Crippen molar-refractivity contribution in [3.8, 4) is 0 Å². The summed E-state index contributed by atoms with van der Waals surface area (Å²) in [7, 11) is 2.02. The first-order chi connectivity index (χ1) is 6.68. The van der Waals surface area contributed by atoms with Crippen molar-refractivity contribution in [1.82, 2.24) is 9.88 Å². The van der Waals surface area contributed by atoms with E-state index in [1.54, 1.807) is 19.3 Å². The minimum atomic E-state index is 0.242. The van der Waals surface area contributed by atoms with Crippen LogP contribution >= 0.6 is 0 Å². The minimum Gasteiger partial charge on any atom is -0.302 e. The number of pyridine rings is 1. The number of hydrogen-bond acceptors (Lipinski definition) is 3. The van der Waals surface area contributed by atoms with Gasteiger partial charge in [-0.2, -0.15) is 0 Å². The molecular formula is C11H16N2O. The van der Waals surface area contributed by atoms with E-state index in [-0.39, 0.29) is 5.78 Å². The van der Waals surface area contributed by atoms with Gasteiger partial charge in [0.25, 0.3) is 0 Å². The predicted octanol–water partition coefficient (Wildman–Crippen LogP) is 1.49. The van der Waals surface area contributed by atoms with Crippen molar-refractivity contribution in [2.24, 2.45) is 0 Å². The third kappa shape index (κ3) is 4.14. The summed E-state index contributed by atoms with van der Waals surface area (Å²) in [6, 6.07) is 3.98. The van der Waals surface area contributed by atoms with Crippen molar-refractivity contribution in [1.29, 1.82) is 0 Å². The van der Waals surface area contributed by atoms with Gasteiger partial charge in [-0.05, 0) is 31.7 Å². The number of hydrogen-bond donors (Lipinski definition) is 0. The van der Waals surface area contributed by atoms with E-state index in [0.29, 0.717) is 6.42 Å². The van der Waals surface area contributed by atoms with Gasteiger partial charge >= 0.3 is 0 Å². The summed E-state index contributed by atoms with van der Waals surface area (Å²) in [5.41, 5.74) is 1.23. The molecule has 1 aromatic rings. The fourth-order valence-electron chi connectivity index (χ4n) is 1.23. The lowest BCUT2D eigenvalue weighted by Gasteiger charge is -2.15. The molecule has 1 rings (SSSR count). The van der Waals surface area contributed by atoms with Crippen LogP contribution in [-0.2, 0) is 11.3 Å². The predicted molar refractivity (Wildman–Crippen MR) is 55.9 cm³/mol. The number of rotatable bonds is 5. The van der Waals surface area contributed by atoms with Crippen LogP contribution in [0.25, 0.3) is 0 Å². The number of aromatic nitrogens is 1. The SMILES string of the molecule is CC(=O)CCN(C)Cc1ccncc1. The summed E-state index contributed by atoms with van der Waals surface area (Å²) in [6.45, 7) is 3.31. The van der Waals surface area contributed by atoms with Crippen LogP contribution in [0.2, 0.25) is 0 Å². The average Bonchev–Trinajstić information content (AvgIpc) is 2.16. The zero-order valence-electron chi connectivity index (χ0n) is 8.73. The molecule has 0 saturated carbocycles. The topological polar surface area (TPSA) is 33.2 Å². The molecule has 0 aromatic carbocycles. The summed E-state index contributed by atoms with van der Waals surface area (Å²) in [4.78, 5) is 16.9. The summed E-state index contributed by atoms with van der Waals surface area (Å²) in [6.07, 6.45) is 4.20. The summed E-state index contributed by atoms with van der Waals surface area (Å²) >= 11 is 0. The van der Waals surface area contributed by atoms with Crippen LogP contribution in [0.4, 0.5) is 0 Å². The molecule has 3 heteroatoms. The van der Waals surface area contributed by atoms with E-state index in [1.807, 2.05) is 19.2 Å². The Morgan fingerprint density at radius 3 is 2.64 bits per heavy atom. The van der Waals surface area contributed by atoms with E-state index < -0.39 is 0 Å². The first-order valence-corrected chi connectivity index (χ1v) is 4.75. The maximum atomic E-state index is 10.8. The molecule has 14 heavy (non-hydrogen) atoms. The maximum Gasteiger partial charge on any atom is 0.131 e. The van der Waals surface area contributed by atoms with E-state index in [0.717, 1.165) is 13.1 Å². The van der Waals surface area contributed by atoms with Gasteiger partial charge in [-0.15, -0.1) is 0 Å². The molecule has 1 heterocycles. The highest BCUT2D eigenvalue weighted by molar-refractivity contribution is 5.75. The van der Waals surface area contributed by atoms with Gasteiger partial charge in [0.2, 0.25) is 0 Å². The first kappa shape index (κ1) is 10.9. The molecule has 76 valence electrons. The third-order valence-electron chi connectivity index (χ3n) is 2.05. The van der Waals surface area contributed by atoms with Crippen LogP contribution in [0.1, 0.15) is 18.9 Å². The number of nitrogens with zero attached hydrogens (tertiary/aromatic N) is 2. The van der Waals surface area contributed by atoms with Gasteiger partial charge in [0.15, 0.2) is 0 Å². The van der Waals surface area contributed by atoms with Gasteiger partial charge in [-0.25, -0.2) is 0 Å². The van der Waals surface area contributed by atoms with Crippen LogP contribution < -0.4 is 0 Å². The molecule has 0 saturated heterocycles. The molecule has 0 bridgehead atoms. The normalized spacial score (nSPS) is 10.5. The van der Waals surface area contributed by atoms with E-state index >= 15 is 0 Å². The Bertz CT molecular complexity index is 285. The fraction of sp³-hybridized carbons (Fsp3) is 0.455. The second-order valence-electron chi connectivity index (χ2n) is 3.55. The maximum absolute atomic E-state index is 10.8. The van der Waals surface area contributed by atoms with Crippen molar-refractivity contribution < 1.29 is 4.79 Å². The van der Waals surface area contributed by atoms with Crippen molar-refractivity contribution >= 4 is 5.78 Å². The highest BCUT2D eigenvalue weighted by atomic mass is 16.1. The van der Waals surface area contributed by atoms with Crippen LogP contribution in [0.5, 0.6) is 0 Å². The van der Waals surface area contributed by atoms with Gasteiger partial charge in [0.05, 0.1) is 0 Å². The number of carbonyl (C=O) groups is 1. The second-order valence-corrected chi connectivity index (χ2v) is 3.55. The van der Waals surface area contributed by atoms with Gasteiger partial charge in [0.1, 0.15) is 5.78 Å². The zero-order valence-corrected chi connectivity index (χ0v) is 8.73. The van der Waals surface area contributed by atoms with Gasteiger partial charge in [-0.3, -0.25) is 9.78 Å². The molecule has 0 aliphatic carbocycles. The van der Waals surface area contributed by atoms with Crippen LogP contribution in [0.3, 0.4) is 0 Å². The Morgan fingerprint density at radius 1 is 1.43 bits per heavy atom. The molecule has 0 aliphatic rings. The molecule has 0 radical (unpaired) electrons. The summed E-state index contributed by atoms with van der Waals surface area (Å²) in [5, 5.41) is 0. The standard InChI is InChI=1S/C11H16N2O/c1-10(14)5-8-13(2)9-11-3-6-12-7-4-11/h3-4,6-7H,5,8-9H2,1-2H3. The molecule has 0 unspecified atom stereocenters. The lowest BCUT2D eigenvalue weighted by Crippen LogP contribution is -2.20. The molecule has 0 atom stereocenters. The monoisotopic (exact) mass is 192 g/mol. The van der Waals surface area contributed by atoms with Crippen LogP contribution in [0.15, 0.2) is 24.5 Å². The number of ketones is 1. The summed E-state index contributed by atoms with van der Waals surface area (Å²) < 4.78 is 0. The second kappa shape index (κ2) is 5.50. The third-order valence-corrected chi connectivity index (χ3v) is 2.05. The van der Waals surface area contributed by atoms with Crippen molar-refractivity contribution in [2.75, 3.05) is 13.6 Å². The highest BCUT2D eigenvalue weighted by Crippen LogP contribution is 2.01. The molecule has 0 spiro atoms. The fourth-order valence-corrected chi connectivity index (χ4v) is 1.23. The van der Waals surface area contributed by atoms with Crippen LogP contribution in [-0.4, -0.2) is 29.3 Å². The van der Waals surface area contributed by atoms with Gasteiger partial charge < -0.3 is 4.90 Å². The number of carbonyl (C=O) groups excluding carboxylic acids is 1. The van der Waals surface area contributed by atoms with Crippen molar-refractivity contribution in [3.05, 3.63) is 30.1 Å². The Labute approximate surface area is 84.8 Å². The van der Waals surface area contributed by atoms with Crippen molar-refractivity contribution in [2.45, 2.75) is 19.9 Å². The average molecular weight is 192 g/mol. The van der Waals surface area contributed by atoms with E-state index in [4.69, 9.17) is 0 Å². The largest absolute Gasteiger partial charge is 0.302 e. The minimum absolute atomic E-state index is 0.242. The smallest absolute Gasteiger partial charge is 0.131 e. The molecular weight excluding hydrogens is 176 g/mol. The van der Waals surface area contributed by atoms with Gasteiger partial charge in [-0.1, -0.05) is 0 Å². The Kier molecular flexibility index (Phi) is 4.26. The zero-order chi connectivity index (χ0) is 10.4. The molecule has 3 nitrogen and oxygen atoms in total. The first-order valence-electron chi connectivity index (χ1n) is 4.75. The van der Waals surface area contributed by atoms with E-state index in [2.05, 4.69) is 9.88 Å². The number of Topliss-reactive ketones (excluding diaryl/α,β-unsaturated/α-hetero) is 1. The lowest BCUT2D eigenvalue weighted by molar-refractivity contribution is -0.117. The van der Waals surface area contributed by atoms with E-state index in [9.17, 15) is 4.79 Å². The lowest BCUT2D eigenvalue weighted by atomic mass is 10.2. The Balaban J connectivity index is 2.34. The molecule has 0 amide bonds. The molecule has 0 aliphatic heterocycles. The summed E-state index contributed by atoms with van der Waals surface area (Å²) in [5.74, 6) is 0.242. The Hall–Kier alpha value is -1.22. The van der Waals surface area contributed by atoms with Crippen LogP contribution in [0, 0.1) is 0 Å². The highest BCUT2D eigenvalue weighted by Gasteiger charge is 2.01. The quantitative estimate of drug-likeness (QED) is 0.708. The molecule has 0 N–H and O–H groups in total. The Morgan fingerprint density at radius 2 is 2.07 bits per heavy atom. The molecule has 0 fully saturated rings. The van der Waals surface area contributed by atoms with E-state index in [1.165, 1.54) is 5.56 Å². The van der Waals surface area contributed by atoms with Gasteiger partial charge in [0, 0.05) is 31.9 Å². The van der Waals surface area contributed by atoms with Crippen molar-refractivity contribution in [3.63, 3.8) is 0 Å².